The van der Waals surface area contributed by atoms with Crippen molar-refractivity contribution in [2.45, 2.75) is 44.0 Å². The standard InChI is InChI=1S/C12H18ClFN2O2S/c1-4-5-12(2,3)16-19(17,18)11-7-10(15)9(14)6-8(11)13/h6-7,16H,4-5,15H2,1-3H3. The highest BCUT2D eigenvalue weighted by Crippen LogP contribution is 2.27. The quantitative estimate of drug-likeness (QED) is 0.821. The van der Waals surface area contributed by atoms with Crippen LogP contribution in [0.25, 0.3) is 0 Å². The van der Waals surface area contributed by atoms with Crippen LogP contribution in [-0.4, -0.2) is 14.0 Å². The Hall–Kier alpha value is -0.850. The van der Waals surface area contributed by atoms with Crippen molar-refractivity contribution in [3.8, 4) is 0 Å². The molecule has 0 saturated carbocycles. The van der Waals surface area contributed by atoms with E-state index in [0.29, 0.717) is 6.42 Å². The van der Waals surface area contributed by atoms with E-state index in [9.17, 15) is 12.8 Å². The van der Waals surface area contributed by atoms with Crippen LogP contribution in [0.15, 0.2) is 17.0 Å². The Morgan fingerprint density at radius 3 is 2.53 bits per heavy atom. The molecule has 0 atom stereocenters. The lowest BCUT2D eigenvalue weighted by molar-refractivity contribution is 0.418. The molecular weight excluding hydrogens is 291 g/mol. The molecule has 0 radical (unpaired) electrons. The average Bonchev–Trinajstić information content (AvgIpc) is 2.21. The third kappa shape index (κ3) is 4.06. The van der Waals surface area contributed by atoms with Crippen LogP contribution in [0.3, 0.4) is 0 Å². The van der Waals surface area contributed by atoms with Gasteiger partial charge >= 0.3 is 0 Å². The van der Waals surface area contributed by atoms with Crippen molar-refractivity contribution >= 4 is 27.3 Å². The molecule has 0 saturated heterocycles. The molecule has 0 aliphatic rings. The molecule has 0 fully saturated rings. The summed E-state index contributed by atoms with van der Waals surface area (Å²) < 4.78 is 40.2. The maximum atomic E-state index is 13.2. The smallest absolute Gasteiger partial charge is 0.242 e. The molecule has 0 unspecified atom stereocenters. The topological polar surface area (TPSA) is 72.2 Å². The zero-order valence-corrected chi connectivity index (χ0v) is 12.7. The lowest BCUT2D eigenvalue weighted by Crippen LogP contribution is -2.43. The molecule has 3 N–H and O–H groups in total. The lowest BCUT2D eigenvalue weighted by Gasteiger charge is -2.25. The van der Waals surface area contributed by atoms with Crippen molar-refractivity contribution in [3.05, 3.63) is 23.0 Å². The van der Waals surface area contributed by atoms with Gasteiger partial charge in [0.1, 0.15) is 10.7 Å². The predicted octanol–water partition coefficient (Wildman–Crippen LogP) is 2.92. The van der Waals surface area contributed by atoms with Crippen LogP contribution in [-0.2, 0) is 10.0 Å². The van der Waals surface area contributed by atoms with Crippen molar-refractivity contribution in [1.29, 1.82) is 0 Å². The van der Waals surface area contributed by atoms with Gasteiger partial charge in [0.05, 0.1) is 10.7 Å². The Morgan fingerprint density at radius 1 is 1.42 bits per heavy atom. The molecule has 0 spiro atoms. The summed E-state index contributed by atoms with van der Waals surface area (Å²) in [6, 6.07) is 1.93. The first-order valence-corrected chi connectivity index (χ1v) is 7.73. The highest BCUT2D eigenvalue weighted by Gasteiger charge is 2.27. The van der Waals surface area contributed by atoms with Gasteiger partial charge in [-0.25, -0.2) is 17.5 Å². The average molecular weight is 309 g/mol. The number of rotatable bonds is 5. The molecule has 7 heteroatoms. The van der Waals surface area contributed by atoms with Gasteiger partial charge in [-0.15, -0.1) is 0 Å². The fourth-order valence-corrected chi connectivity index (χ4v) is 3.84. The molecule has 19 heavy (non-hydrogen) atoms. The fraction of sp³-hybridized carbons (Fsp3) is 0.500. The largest absolute Gasteiger partial charge is 0.396 e. The summed E-state index contributed by atoms with van der Waals surface area (Å²) >= 11 is 5.78. The summed E-state index contributed by atoms with van der Waals surface area (Å²) in [6.07, 6.45) is 1.50. The highest BCUT2D eigenvalue weighted by atomic mass is 35.5. The third-order valence-corrected chi connectivity index (χ3v) is 4.79. The monoisotopic (exact) mass is 308 g/mol. The van der Waals surface area contributed by atoms with E-state index in [1.54, 1.807) is 13.8 Å². The fourth-order valence-electron chi connectivity index (χ4n) is 1.85. The normalized spacial score (nSPS) is 12.7. The van der Waals surface area contributed by atoms with Gasteiger partial charge in [-0.3, -0.25) is 0 Å². The minimum Gasteiger partial charge on any atom is -0.396 e. The number of hydrogen-bond donors (Lipinski definition) is 2. The maximum Gasteiger partial charge on any atom is 0.242 e. The zero-order chi connectivity index (χ0) is 14.8. The van der Waals surface area contributed by atoms with E-state index in [4.69, 9.17) is 17.3 Å². The van der Waals surface area contributed by atoms with Crippen molar-refractivity contribution in [2.24, 2.45) is 0 Å². The highest BCUT2D eigenvalue weighted by molar-refractivity contribution is 7.89. The van der Waals surface area contributed by atoms with E-state index in [1.807, 2.05) is 6.92 Å². The number of nitrogens with two attached hydrogens (primary N) is 1. The van der Waals surface area contributed by atoms with E-state index >= 15 is 0 Å². The molecule has 0 bridgehead atoms. The molecule has 1 aromatic rings. The Labute approximate surface area is 118 Å². The zero-order valence-electron chi connectivity index (χ0n) is 11.1. The third-order valence-electron chi connectivity index (χ3n) is 2.63. The van der Waals surface area contributed by atoms with E-state index in [-0.39, 0.29) is 15.6 Å². The molecule has 1 aromatic carbocycles. The van der Waals surface area contributed by atoms with E-state index in [1.165, 1.54) is 0 Å². The van der Waals surface area contributed by atoms with Crippen LogP contribution in [0.5, 0.6) is 0 Å². The SMILES string of the molecule is CCCC(C)(C)NS(=O)(=O)c1cc(N)c(F)cc1Cl. The molecule has 0 aliphatic carbocycles. The molecule has 1 rings (SSSR count). The Bertz CT molecular complexity index is 573. The minimum atomic E-state index is -3.84. The number of benzene rings is 1. The van der Waals surface area contributed by atoms with Crippen LogP contribution in [0.4, 0.5) is 10.1 Å². The van der Waals surface area contributed by atoms with Crippen molar-refractivity contribution in [1.82, 2.24) is 4.72 Å². The lowest BCUT2D eigenvalue weighted by atomic mass is 10.0. The van der Waals surface area contributed by atoms with Crippen molar-refractivity contribution < 1.29 is 12.8 Å². The number of hydrogen-bond acceptors (Lipinski definition) is 3. The van der Waals surface area contributed by atoms with Gasteiger partial charge in [0.15, 0.2) is 0 Å². The molecule has 108 valence electrons. The van der Waals surface area contributed by atoms with Gasteiger partial charge in [0.2, 0.25) is 10.0 Å². The Balaban J connectivity index is 3.18. The maximum absolute atomic E-state index is 13.2. The number of nitrogen functional groups attached to an aromatic ring is 1. The summed E-state index contributed by atoms with van der Waals surface area (Å²) in [4.78, 5) is -0.211. The van der Waals surface area contributed by atoms with E-state index < -0.39 is 21.4 Å². The number of nitrogens with one attached hydrogen (secondary N) is 1. The van der Waals surface area contributed by atoms with Crippen LogP contribution in [0.1, 0.15) is 33.6 Å². The van der Waals surface area contributed by atoms with Crippen molar-refractivity contribution in [2.75, 3.05) is 5.73 Å². The summed E-state index contributed by atoms with van der Waals surface area (Å²) in [5.74, 6) is -0.739. The first-order chi connectivity index (χ1) is 8.59. The Morgan fingerprint density at radius 2 is 2.00 bits per heavy atom. The van der Waals surface area contributed by atoms with E-state index in [0.717, 1.165) is 18.6 Å². The van der Waals surface area contributed by atoms with Gasteiger partial charge in [-0.05, 0) is 32.4 Å². The molecule has 0 heterocycles. The Kier molecular flexibility index (Phi) is 4.81. The van der Waals surface area contributed by atoms with Gasteiger partial charge in [0, 0.05) is 5.54 Å². The first kappa shape index (κ1) is 16.2. The number of anilines is 1. The van der Waals surface area contributed by atoms with E-state index in [2.05, 4.69) is 4.72 Å². The summed E-state index contributed by atoms with van der Waals surface area (Å²) in [7, 11) is -3.84. The summed E-state index contributed by atoms with van der Waals surface area (Å²) in [6.45, 7) is 5.50. The second kappa shape index (κ2) is 5.64. The van der Waals surface area contributed by atoms with Crippen LogP contribution in [0, 0.1) is 5.82 Å². The molecule has 0 amide bonds. The minimum absolute atomic E-state index is 0.188. The van der Waals surface area contributed by atoms with Crippen LogP contribution >= 0.6 is 11.6 Å². The van der Waals surface area contributed by atoms with Gasteiger partial charge < -0.3 is 5.73 Å². The van der Waals surface area contributed by atoms with Crippen molar-refractivity contribution in [3.63, 3.8) is 0 Å². The molecule has 0 aliphatic heterocycles. The van der Waals surface area contributed by atoms with Crippen LogP contribution < -0.4 is 10.5 Å². The number of halogens is 2. The van der Waals surface area contributed by atoms with Crippen LogP contribution in [0.2, 0.25) is 5.02 Å². The second-order valence-corrected chi connectivity index (χ2v) is 7.10. The number of sulfonamides is 1. The molecule has 4 nitrogen and oxygen atoms in total. The first-order valence-electron chi connectivity index (χ1n) is 5.87. The predicted molar refractivity (Wildman–Crippen MR) is 75.1 cm³/mol. The molecular formula is C12H18ClFN2O2S. The van der Waals surface area contributed by atoms with Gasteiger partial charge in [-0.1, -0.05) is 24.9 Å². The summed E-state index contributed by atoms with van der Waals surface area (Å²) in [5, 5.41) is -0.188. The molecule has 0 aromatic heterocycles. The second-order valence-electron chi connectivity index (χ2n) is 5.04. The van der Waals surface area contributed by atoms with Gasteiger partial charge in [-0.2, -0.15) is 0 Å². The van der Waals surface area contributed by atoms with Gasteiger partial charge in [0.25, 0.3) is 0 Å². The summed E-state index contributed by atoms with van der Waals surface area (Å²) in [5.41, 5.74) is 4.52.